The number of carbonyl (C=O) groups excluding carboxylic acids is 1. The largest absolute Gasteiger partial charge is 0.424 e. The van der Waals surface area contributed by atoms with Crippen LogP contribution in [0.15, 0.2) is 120 Å². The normalized spacial score (nSPS) is 12.7. The van der Waals surface area contributed by atoms with Crippen molar-refractivity contribution in [3.8, 4) is 11.4 Å². The molecule has 0 aliphatic carbocycles. The van der Waals surface area contributed by atoms with Crippen LogP contribution >= 0.6 is 0 Å². The van der Waals surface area contributed by atoms with Gasteiger partial charge in [-0.25, -0.2) is 18.7 Å². The van der Waals surface area contributed by atoms with Gasteiger partial charge in [0, 0.05) is 29.8 Å². The monoisotopic (exact) mass is 761 g/mol. The number of H-pyrrole nitrogens is 1. The van der Waals surface area contributed by atoms with E-state index in [9.17, 15) is 18.4 Å². The second-order valence-electron chi connectivity index (χ2n) is 14.3. The van der Waals surface area contributed by atoms with Gasteiger partial charge in [0.05, 0.1) is 37.6 Å². The first-order valence-electron chi connectivity index (χ1n) is 17.9. The summed E-state index contributed by atoms with van der Waals surface area (Å²) in [5.41, 5.74) is 4.55. The molecule has 3 N–H and O–H groups in total. The number of hydrogen-bond acceptors (Lipinski definition) is 8. The van der Waals surface area contributed by atoms with Crippen molar-refractivity contribution in [3.63, 3.8) is 0 Å². The number of carbonyl (C=O) groups is 1. The van der Waals surface area contributed by atoms with Gasteiger partial charge in [-0.05, 0) is 58.1 Å². The van der Waals surface area contributed by atoms with Crippen molar-refractivity contribution in [2.24, 2.45) is 5.92 Å². The number of amides is 1. The minimum atomic E-state index is -3.53. The number of ether oxygens (including phenoxy) is 1. The van der Waals surface area contributed by atoms with Crippen LogP contribution in [0, 0.1) is 12.8 Å². The Kier molecular flexibility index (Phi) is 10.8. The van der Waals surface area contributed by atoms with E-state index in [-0.39, 0.29) is 30.5 Å². The molecule has 4 aromatic heterocycles. The lowest BCUT2D eigenvalue weighted by molar-refractivity contribution is 0.0609. The molecule has 1 amide bonds. The minimum absolute atomic E-state index is 0.0138. The molecule has 7 aromatic rings. The van der Waals surface area contributed by atoms with Crippen LogP contribution in [-0.4, -0.2) is 54.9 Å². The summed E-state index contributed by atoms with van der Waals surface area (Å²) in [6.45, 7) is 6.33. The number of pyridine rings is 1. The highest BCUT2D eigenvalue weighted by molar-refractivity contribution is 6.98. The lowest BCUT2D eigenvalue weighted by atomic mass is 9.93. The van der Waals surface area contributed by atoms with Gasteiger partial charge in [0.25, 0.3) is 14.2 Å². The summed E-state index contributed by atoms with van der Waals surface area (Å²) in [6, 6.07) is 27.7. The molecule has 282 valence electrons. The van der Waals surface area contributed by atoms with Crippen molar-refractivity contribution in [1.29, 1.82) is 0 Å². The van der Waals surface area contributed by atoms with E-state index in [1.807, 2.05) is 99.6 Å². The average Bonchev–Trinajstić information content (AvgIpc) is 3.98. The highest BCUT2D eigenvalue weighted by atomic mass is 28.4. The first-order valence-corrected chi connectivity index (χ1v) is 19.8. The molecule has 0 aliphatic rings. The van der Waals surface area contributed by atoms with Gasteiger partial charge in [0.2, 0.25) is 18.1 Å². The first kappa shape index (κ1) is 37.5. The van der Waals surface area contributed by atoms with Gasteiger partial charge in [-0.15, -0.1) is 0 Å². The number of aromatic amines is 1. The van der Waals surface area contributed by atoms with E-state index >= 15 is 0 Å². The van der Waals surface area contributed by atoms with Crippen LogP contribution in [0.1, 0.15) is 53.5 Å². The smallest absolute Gasteiger partial charge is 0.274 e. The molecular formula is C41H41F2N7O4Si. The quantitative estimate of drug-likeness (QED) is 0.0977. The molecule has 0 fully saturated rings. The van der Waals surface area contributed by atoms with Crippen LogP contribution < -0.4 is 15.7 Å². The molecule has 0 aliphatic heterocycles. The second kappa shape index (κ2) is 15.9. The highest BCUT2D eigenvalue weighted by Crippen LogP contribution is 2.43. The van der Waals surface area contributed by atoms with Gasteiger partial charge in [-0.3, -0.25) is 9.20 Å². The summed E-state index contributed by atoms with van der Waals surface area (Å²) in [5.74, 6) is -1.28. The van der Waals surface area contributed by atoms with Crippen molar-refractivity contribution in [2.75, 3.05) is 5.32 Å². The number of alkyl halides is 2. The van der Waals surface area contributed by atoms with Crippen LogP contribution in [0.2, 0.25) is 5.04 Å². The number of aryl methyl sites for hydroxylation is 1. The Morgan fingerprint density at radius 1 is 1.00 bits per heavy atom. The summed E-state index contributed by atoms with van der Waals surface area (Å²) in [7, 11) is -3.53. The molecule has 4 heterocycles. The Hall–Kier alpha value is -5.83. The molecule has 0 unspecified atom stereocenters. The molecule has 14 heteroatoms. The number of fused-ring (bicyclic) bond motifs is 1. The van der Waals surface area contributed by atoms with E-state index < -0.39 is 25.7 Å². The zero-order chi connectivity index (χ0) is 38.6. The summed E-state index contributed by atoms with van der Waals surface area (Å²) in [6.07, 6.45) is 3.72. The Labute approximate surface area is 317 Å². The lowest BCUT2D eigenvalue weighted by Crippen LogP contribution is -2.65. The van der Waals surface area contributed by atoms with Gasteiger partial charge in [-0.1, -0.05) is 91.8 Å². The molecular weight excluding hydrogens is 721 g/mol. The maximum atomic E-state index is 14.8. The molecule has 11 nitrogen and oxygen atoms in total. The van der Waals surface area contributed by atoms with Crippen LogP contribution in [-0.2, 0) is 24.4 Å². The van der Waals surface area contributed by atoms with Crippen molar-refractivity contribution >= 4 is 35.9 Å². The average molecular weight is 762 g/mol. The number of hydrogen-bond donors (Lipinski definition) is 3. The van der Waals surface area contributed by atoms with Gasteiger partial charge in [0.1, 0.15) is 11.3 Å². The van der Waals surface area contributed by atoms with Crippen molar-refractivity contribution < 1.29 is 27.6 Å². The predicted molar refractivity (Wildman–Crippen MR) is 207 cm³/mol. The topological polar surface area (TPSA) is 143 Å². The molecule has 55 heavy (non-hydrogen) atoms. The first-order chi connectivity index (χ1) is 26.5. The van der Waals surface area contributed by atoms with Crippen LogP contribution in [0.3, 0.4) is 0 Å². The summed E-state index contributed by atoms with van der Waals surface area (Å²) < 4.78 is 42.5. The lowest BCUT2D eigenvalue weighted by Gasteiger charge is -2.42. The van der Waals surface area contributed by atoms with E-state index in [2.05, 4.69) is 30.4 Å². The number of halogens is 2. The van der Waals surface area contributed by atoms with E-state index in [0.717, 1.165) is 27.2 Å². The summed E-state index contributed by atoms with van der Waals surface area (Å²) in [4.78, 5) is 41.9. The Balaban J connectivity index is 1.05. The van der Waals surface area contributed by atoms with E-state index in [1.165, 1.54) is 6.20 Å². The fraction of sp³-hybridized carbons (Fsp3) is 0.244. The van der Waals surface area contributed by atoms with E-state index in [0.29, 0.717) is 35.8 Å². The van der Waals surface area contributed by atoms with Gasteiger partial charge >= 0.3 is 0 Å². The summed E-state index contributed by atoms with van der Waals surface area (Å²) in [5, 5.41) is 7.67. The van der Waals surface area contributed by atoms with Crippen LogP contribution in [0.4, 0.5) is 14.5 Å². The standard InChI is InChI=1S/C41H41F2N7O4Si/c1-27-14-15-29(19-34(27)47-40(51)35-23-45-36-18-28(16-17-50(35)36)24-53-25-31-22-44-26-46-31)39-48-37(54-49-39)20-30(38(42)43)21-41(2,3)55(52,32-10-6-4-7-11-32)33-12-8-5-9-13-33/h4-19,22-23,26,30,38,52H,20-21,24-25H2,1-3H3,(H,44,46)(H,47,51)/t30-/m1/s1. The molecule has 0 spiro atoms. The molecule has 1 atom stereocenters. The van der Waals surface area contributed by atoms with E-state index in [4.69, 9.17) is 9.26 Å². The highest BCUT2D eigenvalue weighted by Gasteiger charge is 2.51. The number of rotatable bonds is 15. The number of imidazole rings is 2. The Morgan fingerprint density at radius 2 is 1.73 bits per heavy atom. The minimum Gasteiger partial charge on any atom is -0.424 e. The fourth-order valence-electron chi connectivity index (χ4n) is 7.04. The fourth-order valence-corrected chi connectivity index (χ4v) is 10.8. The number of benzene rings is 3. The van der Waals surface area contributed by atoms with Gasteiger partial charge in [0.15, 0.2) is 0 Å². The molecule has 7 rings (SSSR count). The zero-order valence-corrected chi connectivity index (χ0v) is 31.6. The SMILES string of the molecule is Cc1ccc(-c2noc(C[C@H](CC(C)(C)[Si](O)(c3ccccc3)c3ccccc3)C(F)F)n2)cc1NC(=O)c1cnc2cc(COCc3cnc[nH]3)ccn12. The van der Waals surface area contributed by atoms with Gasteiger partial charge < -0.3 is 24.4 Å². The number of aromatic nitrogens is 6. The third kappa shape index (κ3) is 8.02. The third-order valence-electron chi connectivity index (χ3n) is 10.0. The molecule has 3 aromatic carbocycles. The van der Waals surface area contributed by atoms with E-state index in [1.54, 1.807) is 35.3 Å². The van der Waals surface area contributed by atoms with Gasteiger partial charge in [-0.2, -0.15) is 4.98 Å². The maximum Gasteiger partial charge on any atom is 0.274 e. The molecule has 0 saturated heterocycles. The molecule has 0 radical (unpaired) electrons. The van der Waals surface area contributed by atoms with Crippen molar-refractivity contribution in [2.45, 2.75) is 58.3 Å². The third-order valence-corrected chi connectivity index (χ3v) is 14.5. The Bertz CT molecular complexity index is 2330. The zero-order valence-electron chi connectivity index (χ0n) is 30.6. The van der Waals surface area contributed by atoms with Crippen LogP contribution in [0.5, 0.6) is 0 Å². The molecule has 0 saturated carbocycles. The number of anilines is 1. The predicted octanol–water partition coefficient (Wildman–Crippen LogP) is 6.73. The number of nitrogens with zero attached hydrogens (tertiary/aromatic N) is 5. The Morgan fingerprint density at radius 3 is 2.40 bits per heavy atom. The second-order valence-corrected chi connectivity index (χ2v) is 18.2. The van der Waals surface area contributed by atoms with Crippen molar-refractivity contribution in [1.82, 2.24) is 29.5 Å². The van der Waals surface area contributed by atoms with Crippen LogP contribution in [0.25, 0.3) is 17.0 Å². The maximum absolute atomic E-state index is 14.8. The number of nitrogens with one attached hydrogen (secondary N) is 2. The summed E-state index contributed by atoms with van der Waals surface area (Å²) >= 11 is 0. The van der Waals surface area contributed by atoms with Crippen molar-refractivity contribution in [3.05, 3.63) is 144 Å². The molecule has 0 bridgehead atoms.